The predicted molar refractivity (Wildman–Crippen MR) is 36.0 cm³/mol. The highest BCUT2D eigenvalue weighted by atomic mass is 32.2. The second-order valence-electron chi connectivity index (χ2n) is 2.17. The van der Waals surface area contributed by atoms with E-state index in [0.717, 1.165) is 18.8 Å². The first kappa shape index (κ1) is 6.39. The van der Waals surface area contributed by atoms with E-state index in [0.29, 0.717) is 10.3 Å². The standard InChI is InChI=1S/C5H11NOS/c1-5-4-6(7)2-3-8-5/h5-6H,2-4H2,1H3. The van der Waals surface area contributed by atoms with E-state index >= 15 is 0 Å². The highest BCUT2D eigenvalue weighted by molar-refractivity contribution is 7.99. The molecule has 0 bridgehead atoms. The summed E-state index contributed by atoms with van der Waals surface area (Å²) in [7, 11) is 0. The second kappa shape index (κ2) is 2.71. The number of nitrogens with one attached hydrogen (secondary N) is 1. The SMILES string of the molecule is CC1C[NH+]([O-])CCS1. The van der Waals surface area contributed by atoms with Crippen LogP contribution >= 0.6 is 11.8 Å². The van der Waals surface area contributed by atoms with E-state index in [1.807, 2.05) is 11.8 Å². The molecule has 1 heterocycles. The summed E-state index contributed by atoms with van der Waals surface area (Å²) in [6.07, 6.45) is 0. The van der Waals surface area contributed by atoms with E-state index in [-0.39, 0.29) is 0 Å². The molecule has 2 nitrogen and oxygen atoms in total. The van der Waals surface area contributed by atoms with Crippen LogP contribution in [0.5, 0.6) is 0 Å². The third-order valence-electron chi connectivity index (χ3n) is 1.30. The molecule has 0 radical (unpaired) electrons. The van der Waals surface area contributed by atoms with Gasteiger partial charge in [0.25, 0.3) is 0 Å². The Hall–Kier alpha value is 0.270. The lowest BCUT2D eigenvalue weighted by molar-refractivity contribution is -0.846. The van der Waals surface area contributed by atoms with Crippen molar-refractivity contribution < 1.29 is 5.06 Å². The topological polar surface area (TPSA) is 27.5 Å². The Morgan fingerprint density at radius 2 is 2.50 bits per heavy atom. The van der Waals surface area contributed by atoms with Crippen molar-refractivity contribution >= 4 is 11.8 Å². The molecule has 48 valence electrons. The first-order chi connectivity index (χ1) is 3.79. The van der Waals surface area contributed by atoms with Crippen LogP contribution in [0.3, 0.4) is 0 Å². The van der Waals surface area contributed by atoms with Gasteiger partial charge >= 0.3 is 0 Å². The Labute approximate surface area is 53.8 Å². The highest BCUT2D eigenvalue weighted by Gasteiger charge is 2.12. The van der Waals surface area contributed by atoms with E-state index in [4.69, 9.17) is 0 Å². The molecule has 1 N–H and O–H groups in total. The smallest absolute Gasteiger partial charge is 0.0886 e. The maximum Gasteiger partial charge on any atom is 0.0886 e. The first-order valence-electron chi connectivity index (χ1n) is 2.92. The molecule has 8 heavy (non-hydrogen) atoms. The van der Waals surface area contributed by atoms with Crippen molar-refractivity contribution in [3.05, 3.63) is 5.21 Å². The Balaban J connectivity index is 2.23. The zero-order chi connectivity index (χ0) is 5.98. The van der Waals surface area contributed by atoms with E-state index in [1.54, 1.807) is 0 Å². The summed E-state index contributed by atoms with van der Waals surface area (Å²) in [6.45, 7) is 3.71. The maximum absolute atomic E-state index is 10.7. The fourth-order valence-corrected chi connectivity index (χ4v) is 1.91. The molecule has 0 amide bonds. The van der Waals surface area contributed by atoms with Crippen LogP contribution < -0.4 is 5.06 Å². The zero-order valence-electron chi connectivity index (χ0n) is 5.02. The average molecular weight is 133 g/mol. The van der Waals surface area contributed by atoms with Crippen LogP contribution in [0.4, 0.5) is 0 Å². The van der Waals surface area contributed by atoms with E-state index < -0.39 is 0 Å². The van der Waals surface area contributed by atoms with Crippen molar-refractivity contribution in [2.24, 2.45) is 0 Å². The van der Waals surface area contributed by atoms with E-state index in [1.165, 1.54) is 0 Å². The minimum atomic E-state index is 0.441. The molecule has 1 rings (SSSR count). The van der Waals surface area contributed by atoms with Crippen LogP contribution in [0.25, 0.3) is 0 Å². The van der Waals surface area contributed by atoms with Gasteiger partial charge in [0.2, 0.25) is 0 Å². The summed E-state index contributed by atoms with van der Waals surface area (Å²) >= 11 is 1.90. The van der Waals surface area contributed by atoms with Crippen molar-refractivity contribution in [2.75, 3.05) is 18.8 Å². The summed E-state index contributed by atoms with van der Waals surface area (Å²) in [6, 6.07) is 0. The largest absolute Gasteiger partial charge is 0.634 e. The van der Waals surface area contributed by atoms with Gasteiger partial charge in [-0.3, -0.25) is 0 Å². The number of quaternary nitrogens is 1. The number of hydroxylamine groups is 2. The van der Waals surface area contributed by atoms with Crippen molar-refractivity contribution in [1.82, 2.24) is 0 Å². The molecule has 1 saturated heterocycles. The van der Waals surface area contributed by atoms with Crippen LogP contribution in [0, 0.1) is 5.21 Å². The average Bonchev–Trinajstić information content (AvgIpc) is 1.64. The van der Waals surface area contributed by atoms with Gasteiger partial charge in [-0.05, 0) is 6.92 Å². The van der Waals surface area contributed by atoms with Crippen LogP contribution in [-0.4, -0.2) is 24.1 Å². The van der Waals surface area contributed by atoms with Crippen molar-refractivity contribution in [3.63, 3.8) is 0 Å². The lowest BCUT2D eigenvalue weighted by Gasteiger charge is -2.29. The fraction of sp³-hybridized carbons (Fsp3) is 1.00. The van der Waals surface area contributed by atoms with Crippen LogP contribution in [0.2, 0.25) is 0 Å². The normalized spacial score (nSPS) is 39.8. The Morgan fingerprint density at radius 3 is 2.88 bits per heavy atom. The molecule has 3 heteroatoms. The van der Waals surface area contributed by atoms with Gasteiger partial charge in [-0.15, -0.1) is 11.8 Å². The molecule has 0 saturated carbocycles. The van der Waals surface area contributed by atoms with Gasteiger partial charge in [-0.2, -0.15) is 0 Å². The first-order valence-corrected chi connectivity index (χ1v) is 3.97. The third kappa shape index (κ3) is 1.65. The van der Waals surface area contributed by atoms with Crippen LogP contribution in [-0.2, 0) is 0 Å². The van der Waals surface area contributed by atoms with Gasteiger partial charge in [0, 0.05) is 5.75 Å². The molecule has 1 aliphatic rings. The van der Waals surface area contributed by atoms with Gasteiger partial charge in [0.15, 0.2) is 0 Å². The molecular formula is C5H11NOS. The minimum Gasteiger partial charge on any atom is -0.634 e. The lowest BCUT2D eigenvalue weighted by atomic mass is 10.4. The quantitative estimate of drug-likeness (QED) is 0.451. The number of thioether (sulfide) groups is 1. The molecule has 0 aromatic heterocycles. The van der Waals surface area contributed by atoms with Crippen LogP contribution in [0.15, 0.2) is 0 Å². The van der Waals surface area contributed by atoms with Gasteiger partial charge in [0.1, 0.15) is 0 Å². The van der Waals surface area contributed by atoms with Gasteiger partial charge in [0.05, 0.1) is 18.3 Å². The molecule has 0 aromatic carbocycles. The molecular weight excluding hydrogens is 122 g/mol. The molecule has 0 aromatic rings. The summed E-state index contributed by atoms with van der Waals surface area (Å²) in [5.41, 5.74) is 0. The monoisotopic (exact) mass is 133 g/mol. The lowest BCUT2D eigenvalue weighted by Crippen LogP contribution is -3.09. The highest BCUT2D eigenvalue weighted by Crippen LogP contribution is 2.08. The third-order valence-corrected chi connectivity index (χ3v) is 2.47. The molecule has 0 aliphatic carbocycles. The number of rotatable bonds is 0. The summed E-state index contributed by atoms with van der Waals surface area (Å²) < 4.78 is 0. The zero-order valence-corrected chi connectivity index (χ0v) is 5.83. The molecule has 0 spiro atoms. The fourth-order valence-electron chi connectivity index (χ4n) is 0.856. The molecule has 1 aliphatic heterocycles. The summed E-state index contributed by atoms with van der Waals surface area (Å²) in [5, 5.41) is 11.7. The second-order valence-corrected chi connectivity index (χ2v) is 3.72. The van der Waals surface area contributed by atoms with Gasteiger partial charge < -0.3 is 10.3 Å². The maximum atomic E-state index is 10.7. The molecule has 2 atom stereocenters. The Kier molecular flexibility index (Phi) is 2.16. The predicted octanol–water partition coefficient (Wildman–Crippen LogP) is -0.496. The van der Waals surface area contributed by atoms with E-state index in [9.17, 15) is 5.21 Å². The number of hydrogen-bond donors (Lipinski definition) is 1. The molecule has 1 fully saturated rings. The number of hydrogen-bond acceptors (Lipinski definition) is 2. The van der Waals surface area contributed by atoms with Crippen molar-refractivity contribution in [1.29, 1.82) is 0 Å². The van der Waals surface area contributed by atoms with Crippen molar-refractivity contribution in [3.8, 4) is 0 Å². The van der Waals surface area contributed by atoms with E-state index in [2.05, 4.69) is 6.92 Å². The summed E-state index contributed by atoms with van der Waals surface area (Å²) in [5.74, 6) is 1.04. The Bertz CT molecular complexity index is 70.8. The Morgan fingerprint density at radius 1 is 1.75 bits per heavy atom. The summed E-state index contributed by atoms with van der Waals surface area (Å²) in [4.78, 5) is 0. The van der Waals surface area contributed by atoms with Gasteiger partial charge in [-0.25, -0.2) is 0 Å². The molecule has 2 unspecified atom stereocenters. The van der Waals surface area contributed by atoms with Gasteiger partial charge in [-0.1, -0.05) is 0 Å². The minimum absolute atomic E-state index is 0.441. The van der Waals surface area contributed by atoms with Crippen LogP contribution in [0.1, 0.15) is 6.92 Å². The van der Waals surface area contributed by atoms with Crippen molar-refractivity contribution in [2.45, 2.75) is 12.2 Å².